The highest BCUT2D eigenvalue weighted by Crippen LogP contribution is 2.23. The molecule has 3 aromatic rings. The molecule has 2 heterocycles. The van der Waals surface area contributed by atoms with E-state index in [1.807, 2.05) is 12.1 Å². The Balaban J connectivity index is 1.92. The topological polar surface area (TPSA) is 29.3 Å². The quantitative estimate of drug-likeness (QED) is 0.776. The average Bonchev–Trinajstić information content (AvgIpc) is 2.83. The first-order valence-electron chi connectivity index (χ1n) is 7.81. The lowest BCUT2D eigenvalue weighted by atomic mass is 10.1. The zero-order valence-electron chi connectivity index (χ0n) is 13.5. The predicted octanol–water partition coefficient (Wildman–Crippen LogP) is 4.33. The Labute approximate surface area is 132 Å². The number of nitrogens with one attached hydrogen (secondary N) is 1. The molecule has 0 aliphatic carbocycles. The van der Waals surface area contributed by atoms with Crippen LogP contribution in [0.1, 0.15) is 32.0 Å². The number of anilines is 1. The molecular formula is C19H23N3. The maximum absolute atomic E-state index is 4.81. The normalized spacial score (nSPS) is 11.8. The summed E-state index contributed by atoms with van der Waals surface area (Å²) >= 11 is 0. The molecule has 0 saturated heterocycles. The van der Waals surface area contributed by atoms with Gasteiger partial charge in [0.1, 0.15) is 11.5 Å². The molecule has 1 N–H and O–H groups in total. The summed E-state index contributed by atoms with van der Waals surface area (Å²) in [5.41, 5.74) is 3.48. The maximum atomic E-state index is 4.81. The van der Waals surface area contributed by atoms with Crippen LogP contribution >= 0.6 is 0 Å². The summed E-state index contributed by atoms with van der Waals surface area (Å²) in [6, 6.07) is 16.7. The SMILES string of the molecule is CC(C)(C)Nc1c(CCc2ccccc2)nc2ccccn12. The van der Waals surface area contributed by atoms with E-state index in [1.54, 1.807) is 0 Å². The fourth-order valence-corrected chi connectivity index (χ4v) is 2.61. The Morgan fingerprint density at radius 3 is 2.41 bits per heavy atom. The van der Waals surface area contributed by atoms with Crippen molar-refractivity contribution in [1.82, 2.24) is 9.38 Å². The van der Waals surface area contributed by atoms with Gasteiger partial charge in [0.25, 0.3) is 0 Å². The number of rotatable bonds is 4. The van der Waals surface area contributed by atoms with Gasteiger partial charge in [0.05, 0.1) is 5.69 Å². The Kier molecular flexibility index (Phi) is 3.88. The molecule has 1 aromatic carbocycles. The van der Waals surface area contributed by atoms with Crippen molar-refractivity contribution in [2.45, 2.75) is 39.2 Å². The molecule has 0 bridgehead atoms. The fourth-order valence-electron chi connectivity index (χ4n) is 2.61. The van der Waals surface area contributed by atoms with E-state index < -0.39 is 0 Å². The summed E-state index contributed by atoms with van der Waals surface area (Å²) in [6.07, 6.45) is 4.01. The first-order chi connectivity index (χ1) is 10.5. The van der Waals surface area contributed by atoms with Crippen LogP contribution in [0.3, 0.4) is 0 Å². The molecule has 0 unspecified atom stereocenters. The van der Waals surface area contributed by atoms with Crippen molar-refractivity contribution in [1.29, 1.82) is 0 Å². The van der Waals surface area contributed by atoms with Gasteiger partial charge >= 0.3 is 0 Å². The Hall–Kier alpha value is -2.29. The zero-order valence-corrected chi connectivity index (χ0v) is 13.5. The second kappa shape index (κ2) is 5.84. The molecule has 3 heteroatoms. The molecule has 3 nitrogen and oxygen atoms in total. The molecule has 0 amide bonds. The summed E-state index contributed by atoms with van der Waals surface area (Å²) < 4.78 is 2.14. The monoisotopic (exact) mass is 293 g/mol. The van der Waals surface area contributed by atoms with Gasteiger partial charge in [0, 0.05) is 11.7 Å². The lowest BCUT2D eigenvalue weighted by Crippen LogP contribution is -2.27. The van der Waals surface area contributed by atoms with E-state index in [9.17, 15) is 0 Å². The third-order valence-corrected chi connectivity index (χ3v) is 3.59. The van der Waals surface area contributed by atoms with Gasteiger partial charge in [-0.3, -0.25) is 4.40 Å². The summed E-state index contributed by atoms with van der Waals surface area (Å²) in [7, 11) is 0. The summed E-state index contributed by atoms with van der Waals surface area (Å²) in [5.74, 6) is 1.11. The minimum absolute atomic E-state index is 0.00724. The van der Waals surface area contributed by atoms with E-state index in [4.69, 9.17) is 4.98 Å². The highest BCUT2D eigenvalue weighted by Gasteiger charge is 2.17. The lowest BCUT2D eigenvalue weighted by molar-refractivity contribution is 0.627. The van der Waals surface area contributed by atoms with Crippen LogP contribution in [0.15, 0.2) is 54.7 Å². The standard InChI is InChI=1S/C19H23N3/c1-19(2,3)21-18-16(13-12-15-9-5-4-6-10-15)20-17-11-7-8-14-22(17)18/h4-11,14,21H,12-13H2,1-3H3. The number of pyridine rings is 1. The van der Waals surface area contributed by atoms with Crippen LogP contribution < -0.4 is 5.32 Å². The van der Waals surface area contributed by atoms with Crippen LogP contribution in [0.5, 0.6) is 0 Å². The number of fused-ring (bicyclic) bond motifs is 1. The zero-order chi connectivity index (χ0) is 15.6. The largest absolute Gasteiger partial charge is 0.365 e. The van der Waals surface area contributed by atoms with E-state index in [-0.39, 0.29) is 5.54 Å². The van der Waals surface area contributed by atoms with Gasteiger partial charge in [0.2, 0.25) is 0 Å². The fraction of sp³-hybridized carbons (Fsp3) is 0.316. The molecule has 0 radical (unpaired) electrons. The smallest absolute Gasteiger partial charge is 0.138 e. The molecular weight excluding hydrogens is 270 g/mol. The molecule has 0 aliphatic heterocycles. The second-order valence-electron chi connectivity index (χ2n) is 6.70. The molecule has 2 aromatic heterocycles. The van der Waals surface area contributed by atoms with Crippen molar-refractivity contribution in [3.05, 3.63) is 66.0 Å². The van der Waals surface area contributed by atoms with Gasteiger partial charge in [-0.2, -0.15) is 0 Å². The number of benzene rings is 1. The van der Waals surface area contributed by atoms with Gasteiger partial charge in [0.15, 0.2) is 0 Å². The number of aryl methyl sites for hydroxylation is 2. The number of imidazole rings is 1. The molecule has 0 fully saturated rings. The minimum Gasteiger partial charge on any atom is -0.365 e. The molecule has 3 rings (SSSR count). The Morgan fingerprint density at radius 1 is 0.955 bits per heavy atom. The third kappa shape index (κ3) is 3.30. The van der Waals surface area contributed by atoms with Gasteiger partial charge in [-0.15, -0.1) is 0 Å². The van der Waals surface area contributed by atoms with Crippen molar-refractivity contribution in [2.75, 3.05) is 5.32 Å². The van der Waals surface area contributed by atoms with E-state index in [1.165, 1.54) is 5.56 Å². The first kappa shape index (κ1) is 14.6. The van der Waals surface area contributed by atoms with E-state index in [0.29, 0.717) is 0 Å². The van der Waals surface area contributed by atoms with Crippen LogP contribution in [0.2, 0.25) is 0 Å². The number of hydrogen-bond donors (Lipinski definition) is 1. The number of aromatic nitrogens is 2. The van der Waals surface area contributed by atoms with Gasteiger partial charge in [-0.1, -0.05) is 36.4 Å². The Bertz CT molecular complexity index is 751. The van der Waals surface area contributed by atoms with E-state index in [0.717, 1.165) is 30.0 Å². The van der Waals surface area contributed by atoms with Crippen molar-refractivity contribution >= 4 is 11.5 Å². The molecule has 0 spiro atoms. The van der Waals surface area contributed by atoms with E-state index in [2.05, 4.69) is 73.1 Å². The van der Waals surface area contributed by atoms with Gasteiger partial charge in [-0.05, 0) is 51.3 Å². The molecule has 0 atom stereocenters. The van der Waals surface area contributed by atoms with E-state index >= 15 is 0 Å². The van der Waals surface area contributed by atoms with Crippen LogP contribution in [0.4, 0.5) is 5.82 Å². The molecule has 0 saturated carbocycles. The highest BCUT2D eigenvalue weighted by atomic mass is 15.2. The van der Waals surface area contributed by atoms with Gasteiger partial charge < -0.3 is 5.32 Å². The van der Waals surface area contributed by atoms with Crippen molar-refractivity contribution in [3.8, 4) is 0 Å². The third-order valence-electron chi connectivity index (χ3n) is 3.59. The lowest BCUT2D eigenvalue weighted by Gasteiger charge is -2.22. The van der Waals surface area contributed by atoms with Crippen LogP contribution in [0.25, 0.3) is 5.65 Å². The highest BCUT2D eigenvalue weighted by molar-refractivity contribution is 5.56. The molecule has 22 heavy (non-hydrogen) atoms. The second-order valence-corrected chi connectivity index (χ2v) is 6.70. The van der Waals surface area contributed by atoms with Gasteiger partial charge in [-0.25, -0.2) is 4.98 Å². The average molecular weight is 293 g/mol. The van der Waals surface area contributed by atoms with Crippen LogP contribution in [-0.2, 0) is 12.8 Å². The molecule has 114 valence electrons. The number of hydrogen-bond acceptors (Lipinski definition) is 2. The first-order valence-corrected chi connectivity index (χ1v) is 7.81. The number of nitrogens with zero attached hydrogens (tertiary/aromatic N) is 2. The summed E-state index contributed by atoms with van der Waals surface area (Å²) in [6.45, 7) is 6.53. The van der Waals surface area contributed by atoms with Crippen LogP contribution in [-0.4, -0.2) is 14.9 Å². The van der Waals surface area contributed by atoms with Crippen molar-refractivity contribution in [3.63, 3.8) is 0 Å². The van der Waals surface area contributed by atoms with Crippen molar-refractivity contribution in [2.24, 2.45) is 0 Å². The van der Waals surface area contributed by atoms with Crippen LogP contribution in [0, 0.1) is 0 Å². The summed E-state index contributed by atoms with van der Waals surface area (Å²) in [4.78, 5) is 4.81. The molecule has 0 aliphatic rings. The Morgan fingerprint density at radius 2 is 1.68 bits per heavy atom. The van der Waals surface area contributed by atoms with Crippen molar-refractivity contribution < 1.29 is 0 Å². The predicted molar refractivity (Wildman–Crippen MR) is 92.4 cm³/mol. The maximum Gasteiger partial charge on any atom is 0.138 e. The minimum atomic E-state index is 0.00724. The summed E-state index contributed by atoms with van der Waals surface area (Å²) in [5, 5.41) is 3.61.